The van der Waals surface area contributed by atoms with Crippen LogP contribution in [0.25, 0.3) is 0 Å². The number of hydrogen-bond acceptors (Lipinski definition) is 4. The highest BCUT2D eigenvalue weighted by atomic mass is 127. The largest absolute Gasteiger partial charge is 0.497 e. The van der Waals surface area contributed by atoms with Crippen molar-refractivity contribution in [1.29, 1.82) is 0 Å². The highest BCUT2D eigenvalue weighted by molar-refractivity contribution is 14.0. The molecule has 170 valence electrons. The first-order chi connectivity index (χ1) is 15.2. The molecular formula is C23H29IN6O2. The molecule has 2 aromatic carbocycles. The number of nitrogens with zero attached hydrogens (tertiary/aromatic N) is 3. The zero-order valence-corrected chi connectivity index (χ0v) is 20.6. The van der Waals surface area contributed by atoms with Crippen molar-refractivity contribution in [3.8, 4) is 5.75 Å². The Kier molecular flexibility index (Phi) is 10.5. The average Bonchev–Trinajstić information content (AvgIpc) is 3.29. The van der Waals surface area contributed by atoms with E-state index in [1.807, 2.05) is 55.5 Å². The zero-order chi connectivity index (χ0) is 21.9. The summed E-state index contributed by atoms with van der Waals surface area (Å²) in [6.45, 7) is 4.10. The lowest BCUT2D eigenvalue weighted by Crippen LogP contribution is -2.36. The van der Waals surface area contributed by atoms with Gasteiger partial charge in [-0.3, -0.25) is 9.48 Å². The first-order valence-electron chi connectivity index (χ1n) is 10.2. The van der Waals surface area contributed by atoms with Crippen LogP contribution in [0.4, 0.5) is 5.69 Å². The van der Waals surface area contributed by atoms with E-state index in [2.05, 4.69) is 26.0 Å². The van der Waals surface area contributed by atoms with E-state index >= 15 is 0 Å². The summed E-state index contributed by atoms with van der Waals surface area (Å²) in [6.07, 6.45) is 3.41. The molecule has 0 unspecified atom stereocenters. The molecule has 3 N–H and O–H groups in total. The first kappa shape index (κ1) is 25.2. The summed E-state index contributed by atoms with van der Waals surface area (Å²) in [6, 6.07) is 17.4. The number of carbonyl (C=O) groups excluding carboxylic acids is 1. The van der Waals surface area contributed by atoms with Crippen molar-refractivity contribution < 1.29 is 9.53 Å². The fourth-order valence-electron chi connectivity index (χ4n) is 2.93. The minimum Gasteiger partial charge on any atom is -0.497 e. The van der Waals surface area contributed by atoms with Gasteiger partial charge < -0.3 is 20.7 Å². The Morgan fingerprint density at radius 3 is 2.59 bits per heavy atom. The number of anilines is 1. The van der Waals surface area contributed by atoms with Crippen LogP contribution in [0, 0.1) is 0 Å². The Morgan fingerprint density at radius 2 is 1.91 bits per heavy atom. The van der Waals surface area contributed by atoms with Crippen LogP contribution in [0.5, 0.6) is 5.75 Å². The molecule has 9 heteroatoms. The third-order valence-corrected chi connectivity index (χ3v) is 4.46. The minimum absolute atomic E-state index is 0. The molecule has 0 aliphatic heterocycles. The number of halogens is 1. The summed E-state index contributed by atoms with van der Waals surface area (Å²) < 4.78 is 6.78. The molecule has 0 atom stereocenters. The van der Waals surface area contributed by atoms with Crippen LogP contribution in [-0.4, -0.2) is 35.3 Å². The maximum Gasteiger partial charge on any atom is 0.246 e. The van der Waals surface area contributed by atoms with Crippen molar-refractivity contribution in [3.63, 3.8) is 0 Å². The van der Waals surface area contributed by atoms with E-state index in [0.717, 1.165) is 35.1 Å². The van der Waals surface area contributed by atoms with Gasteiger partial charge in [0.05, 0.1) is 13.7 Å². The Balaban J connectivity index is 0.00000363. The van der Waals surface area contributed by atoms with Crippen molar-refractivity contribution in [3.05, 3.63) is 78.1 Å². The van der Waals surface area contributed by atoms with Crippen molar-refractivity contribution in [1.82, 2.24) is 20.4 Å². The van der Waals surface area contributed by atoms with Crippen molar-refractivity contribution in [2.75, 3.05) is 19.0 Å². The number of amides is 1. The number of aromatic nitrogens is 2. The van der Waals surface area contributed by atoms with Crippen molar-refractivity contribution >= 4 is 41.5 Å². The summed E-state index contributed by atoms with van der Waals surface area (Å²) in [5.41, 5.74) is 2.87. The van der Waals surface area contributed by atoms with Gasteiger partial charge in [-0.15, -0.1) is 24.0 Å². The monoisotopic (exact) mass is 548 g/mol. The Hall–Kier alpha value is -3.08. The van der Waals surface area contributed by atoms with Crippen LogP contribution in [0.2, 0.25) is 0 Å². The summed E-state index contributed by atoms with van der Waals surface area (Å²) >= 11 is 0. The molecule has 0 radical (unpaired) electrons. The number of ether oxygens (including phenoxy) is 1. The molecule has 8 nitrogen and oxygen atoms in total. The second-order valence-electron chi connectivity index (χ2n) is 6.85. The maximum absolute atomic E-state index is 12.2. The van der Waals surface area contributed by atoms with Crippen molar-refractivity contribution in [2.24, 2.45) is 4.99 Å². The molecular weight excluding hydrogens is 519 g/mol. The van der Waals surface area contributed by atoms with E-state index in [9.17, 15) is 4.79 Å². The standard InChI is InChI=1S/C23H28N6O2.HI/c1-3-24-23(25-15-18-8-10-21(31-2)11-9-18)26-16-19-6-4-7-20(14-19)28-22(30)17-29-13-5-12-27-29;/h4-14H,3,15-17H2,1-2H3,(H,28,30)(H2,24,25,26);1H. The zero-order valence-electron chi connectivity index (χ0n) is 18.2. The molecule has 1 heterocycles. The molecule has 3 aromatic rings. The lowest BCUT2D eigenvalue weighted by atomic mass is 10.2. The van der Waals surface area contributed by atoms with Crippen molar-refractivity contribution in [2.45, 2.75) is 26.6 Å². The van der Waals surface area contributed by atoms with Gasteiger partial charge in [-0.25, -0.2) is 4.99 Å². The molecule has 32 heavy (non-hydrogen) atoms. The number of benzene rings is 2. The molecule has 0 saturated carbocycles. The summed E-state index contributed by atoms with van der Waals surface area (Å²) in [4.78, 5) is 16.8. The number of carbonyl (C=O) groups is 1. The smallest absolute Gasteiger partial charge is 0.246 e. The number of hydrogen-bond donors (Lipinski definition) is 3. The SMILES string of the molecule is CCNC(=NCc1cccc(NC(=O)Cn2cccn2)c1)NCc1ccc(OC)cc1.I. The van der Waals surface area contributed by atoms with E-state index in [1.165, 1.54) is 0 Å². The first-order valence-corrected chi connectivity index (χ1v) is 10.2. The van der Waals surface area contributed by atoms with Gasteiger partial charge in [-0.1, -0.05) is 24.3 Å². The number of rotatable bonds is 9. The number of aliphatic imine (C=N–C) groups is 1. The highest BCUT2D eigenvalue weighted by Gasteiger charge is 2.05. The van der Waals surface area contributed by atoms with Crippen LogP contribution in [0.15, 0.2) is 72.0 Å². The van der Waals surface area contributed by atoms with Crippen LogP contribution >= 0.6 is 24.0 Å². The number of guanidine groups is 1. The van der Waals surface area contributed by atoms with E-state index < -0.39 is 0 Å². The second-order valence-corrected chi connectivity index (χ2v) is 6.85. The Labute approximate surface area is 205 Å². The van der Waals surface area contributed by atoms with Gasteiger partial charge in [0.25, 0.3) is 0 Å². The van der Waals surface area contributed by atoms with Crippen LogP contribution in [-0.2, 0) is 24.4 Å². The van der Waals surface area contributed by atoms with Gasteiger partial charge in [0.2, 0.25) is 5.91 Å². The topological polar surface area (TPSA) is 92.6 Å². The van der Waals surface area contributed by atoms with Gasteiger partial charge in [-0.2, -0.15) is 5.10 Å². The molecule has 0 spiro atoms. The predicted octanol–water partition coefficient (Wildman–Crippen LogP) is 3.40. The lowest BCUT2D eigenvalue weighted by Gasteiger charge is -2.12. The Morgan fingerprint density at radius 1 is 1.09 bits per heavy atom. The van der Waals surface area contributed by atoms with Gasteiger partial charge >= 0.3 is 0 Å². The van der Waals surface area contributed by atoms with E-state index in [-0.39, 0.29) is 36.4 Å². The van der Waals surface area contributed by atoms with Gasteiger partial charge in [0.15, 0.2) is 5.96 Å². The highest BCUT2D eigenvalue weighted by Crippen LogP contribution is 2.13. The number of nitrogens with one attached hydrogen (secondary N) is 3. The molecule has 3 rings (SSSR count). The fourth-order valence-corrected chi connectivity index (χ4v) is 2.93. The molecule has 1 amide bonds. The molecule has 0 aliphatic rings. The molecule has 1 aromatic heterocycles. The van der Waals surface area contributed by atoms with Gasteiger partial charge in [-0.05, 0) is 48.4 Å². The summed E-state index contributed by atoms with van der Waals surface area (Å²) in [5, 5.41) is 13.5. The normalized spacial score (nSPS) is 10.8. The maximum atomic E-state index is 12.2. The predicted molar refractivity (Wildman–Crippen MR) is 137 cm³/mol. The molecule has 0 bridgehead atoms. The third kappa shape index (κ3) is 8.22. The number of methoxy groups -OCH3 is 1. The van der Waals surface area contributed by atoms with E-state index in [0.29, 0.717) is 13.1 Å². The Bertz CT molecular complexity index is 990. The van der Waals surface area contributed by atoms with Crippen LogP contribution < -0.4 is 20.7 Å². The van der Waals surface area contributed by atoms with E-state index in [4.69, 9.17) is 4.74 Å². The fraction of sp³-hybridized carbons (Fsp3) is 0.261. The second kappa shape index (κ2) is 13.4. The van der Waals surface area contributed by atoms with E-state index in [1.54, 1.807) is 30.3 Å². The van der Waals surface area contributed by atoms with Gasteiger partial charge in [0.1, 0.15) is 12.3 Å². The molecule has 0 fully saturated rings. The molecule has 0 saturated heterocycles. The lowest BCUT2D eigenvalue weighted by molar-refractivity contribution is -0.116. The quantitative estimate of drug-likeness (QED) is 0.217. The molecule has 0 aliphatic carbocycles. The summed E-state index contributed by atoms with van der Waals surface area (Å²) in [7, 11) is 1.66. The third-order valence-electron chi connectivity index (χ3n) is 4.46. The minimum atomic E-state index is -0.126. The summed E-state index contributed by atoms with van der Waals surface area (Å²) in [5.74, 6) is 1.44. The van der Waals surface area contributed by atoms with Crippen LogP contribution in [0.1, 0.15) is 18.1 Å². The average molecular weight is 548 g/mol. The van der Waals surface area contributed by atoms with Gasteiger partial charge in [0, 0.05) is 31.2 Å². The van der Waals surface area contributed by atoms with Crippen LogP contribution in [0.3, 0.4) is 0 Å².